The third-order valence-corrected chi connectivity index (χ3v) is 4.34. The van der Waals surface area contributed by atoms with Gasteiger partial charge in [-0.25, -0.2) is 0 Å². The van der Waals surface area contributed by atoms with Crippen LogP contribution in [0.5, 0.6) is 0 Å². The first kappa shape index (κ1) is 12.8. The van der Waals surface area contributed by atoms with Crippen LogP contribution in [0.2, 0.25) is 0 Å². The monoisotopic (exact) mass is 268 g/mol. The van der Waals surface area contributed by atoms with E-state index in [0.717, 1.165) is 6.42 Å². The lowest BCUT2D eigenvalue weighted by molar-refractivity contribution is 0.611. The van der Waals surface area contributed by atoms with E-state index in [9.17, 15) is 0 Å². The molecule has 0 heterocycles. The van der Waals surface area contributed by atoms with Gasteiger partial charge in [-0.05, 0) is 49.8 Å². The molecule has 0 aliphatic rings. The Morgan fingerprint density at radius 3 is 1.93 bits per heavy atom. The molecule has 15 heavy (non-hydrogen) atoms. The first-order chi connectivity index (χ1) is 6.91. The average molecular weight is 269 g/mol. The molecule has 1 unspecified atom stereocenters. The SMILES string of the molecule is Cc1cc(C)c(CC(Br)C(C)C)c(C)c1. The lowest BCUT2D eigenvalue weighted by Crippen LogP contribution is -2.12. The van der Waals surface area contributed by atoms with Crippen LogP contribution in [0, 0.1) is 26.7 Å². The van der Waals surface area contributed by atoms with E-state index in [1.165, 1.54) is 22.3 Å². The number of alkyl halides is 1. The van der Waals surface area contributed by atoms with Crippen molar-refractivity contribution in [1.29, 1.82) is 0 Å². The zero-order valence-corrected chi connectivity index (χ0v) is 12.0. The summed E-state index contributed by atoms with van der Waals surface area (Å²) in [5.41, 5.74) is 5.73. The van der Waals surface area contributed by atoms with Crippen molar-refractivity contribution in [3.63, 3.8) is 0 Å². The summed E-state index contributed by atoms with van der Waals surface area (Å²) in [5.74, 6) is 0.685. The van der Waals surface area contributed by atoms with Crippen molar-refractivity contribution in [2.45, 2.75) is 45.9 Å². The fourth-order valence-corrected chi connectivity index (χ4v) is 2.29. The highest BCUT2D eigenvalue weighted by atomic mass is 79.9. The third kappa shape index (κ3) is 3.34. The summed E-state index contributed by atoms with van der Waals surface area (Å²) in [6, 6.07) is 4.56. The molecule has 1 aromatic carbocycles. The lowest BCUT2D eigenvalue weighted by atomic mass is 9.93. The van der Waals surface area contributed by atoms with E-state index in [1.807, 2.05) is 0 Å². The Morgan fingerprint density at radius 2 is 1.53 bits per heavy atom. The molecule has 0 radical (unpaired) electrons. The van der Waals surface area contributed by atoms with Crippen molar-refractivity contribution in [3.8, 4) is 0 Å². The molecule has 1 aromatic rings. The Labute approximate surface area is 102 Å². The molecule has 1 atom stereocenters. The number of hydrogen-bond donors (Lipinski definition) is 0. The second kappa shape index (κ2) is 5.16. The lowest BCUT2D eigenvalue weighted by Gasteiger charge is -2.17. The van der Waals surface area contributed by atoms with Crippen LogP contribution in [-0.4, -0.2) is 4.83 Å². The summed E-state index contributed by atoms with van der Waals surface area (Å²) >= 11 is 3.77. The summed E-state index contributed by atoms with van der Waals surface area (Å²) in [6.45, 7) is 11.1. The second-order valence-corrected chi connectivity index (χ2v) is 6.02. The molecule has 0 aliphatic carbocycles. The molecule has 0 saturated carbocycles. The van der Waals surface area contributed by atoms with Gasteiger partial charge in [0.15, 0.2) is 0 Å². The Hall–Kier alpha value is -0.300. The first-order valence-electron chi connectivity index (χ1n) is 5.62. The van der Waals surface area contributed by atoms with Crippen LogP contribution in [0.3, 0.4) is 0 Å². The van der Waals surface area contributed by atoms with E-state index in [0.29, 0.717) is 10.7 Å². The molecule has 0 spiro atoms. The van der Waals surface area contributed by atoms with Gasteiger partial charge in [0.25, 0.3) is 0 Å². The highest BCUT2D eigenvalue weighted by molar-refractivity contribution is 9.09. The van der Waals surface area contributed by atoms with Crippen LogP contribution in [0.1, 0.15) is 36.1 Å². The van der Waals surface area contributed by atoms with Gasteiger partial charge in [-0.15, -0.1) is 0 Å². The minimum absolute atomic E-state index is 0.581. The van der Waals surface area contributed by atoms with Crippen molar-refractivity contribution in [1.82, 2.24) is 0 Å². The molecule has 84 valence electrons. The molecular weight excluding hydrogens is 248 g/mol. The fraction of sp³-hybridized carbons (Fsp3) is 0.571. The molecule has 0 aliphatic heterocycles. The van der Waals surface area contributed by atoms with Crippen LogP contribution < -0.4 is 0 Å². The van der Waals surface area contributed by atoms with Gasteiger partial charge in [0, 0.05) is 4.83 Å². The molecule has 0 saturated heterocycles. The Bertz CT molecular complexity index is 316. The fourth-order valence-electron chi connectivity index (χ4n) is 1.96. The van der Waals surface area contributed by atoms with Crippen molar-refractivity contribution in [2.75, 3.05) is 0 Å². The number of rotatable bonds is 3. The maximum absolute atomic E-state index is 3.77. The minimum Gasteiger partial charge on any atom is -0.0884 e. The molecule has 0 nitrogen and oxygen atoms in total. The molecule has 0 N–H and O–H groups in total. The topological polar surface area (TPSA) is 0 Å². The summed E-state index contributed by atoms with van der Waals surface area (Å²) in [6.07, 6.45) is 1.13. The second-order valence-electron chi connectivity index (χ2n) is 4.84. The summed E-state index contributed by atoms with van der Waals surface area (Å²) in [4.78, 5) is 0.581. The van der Waals surface area contributed by atoms with Crippen molar-refractivity contribution in [3.05, 3.63) is 34.4 Å². The van der Waals surface area contributed by atoms with E-state index in [-0.39, 0.29) is 0 Å². The molecule has 0 aromatic heterocycles. The van der Waals surface area contributed by atoms with Crippen molar-refractivity contribution in [2.24, 2.45) is 5.92 Å². The minimum atomic E-state index is 0.581. The van der Waals surface area contributed by atoms with E-state index in [2.05, 4.69) is 62.7 Å². The number of benzene rings is 1. The van der Waals surface area contributed by atoms with E-state index in [1.54, 1.807) is 0 Å². The molecular formula is C14H21Br. The average Bonchev–Trinajstić information content (AvgIpc) is 2.10. The Balaban J connectivity index is 2.95. The zero-order valence-electron chi connectivity index (χ0n) is 10.4. The normalized spacial score (nSPS) is 13.3. The molecule has 0 fully saturated rings. The quantitative estimate of drug-likeness (QED) is 0.705. The van der Waals surface area contributed by atoms with Gasteiger partial charge in [0.05, 0.1) is 0 Å². The first-order valence-corrected chi connectivity index (χ1v) is 6.54. The van der Waals surface area contributed by atoms with Gasteiger partial charge in [0.1, 0.15) is 0 Å². The highest BCUT2D eigenvalue weighted by Crippen LogP contribution is 2.23. The van der Waals surface area contributed by atoms with Gasteiger partial charge in [-0.1, -0.05) is 47.5 Å². The van der Waals surface area contributed by atoms with Crippen LogP contribution in [0.15, 0.2) is 12.1 Å². The zero-order chi connectivity index (χ0) is 11.6. The Morgan fingerprint density at radius 1 is 1.07 bits per heavy atom. The number of halogens is 1. The summed E-state index contributed by atoms with van der Waals surface area (Å²) in [5, 5.41) is 0. The summed E-state index contributed by atoms with van der Waals surface area (Å²) < 4.78 is 0. The van der Waals surface area contributed by atoms with Crippen molar-refractivity contribution < 1.29 is 0 Å². The van der Waals surface area contributed by atoms with Crippen LogP contribution >= 0.6 is 15.9 Å². The van der Waals surface area contributed by atoms with E-state index < -0.39 is 0 Å². The molecule has 1 heteroatoms. The van der Waals surface area contributed by atoms with E-state index >= 15 is 0 Å². The Kier molecular flexibility index (Phi) is 4.39. The maximum atomic E-state index is 3.77. The predicted octanol–water partition coefficient (Wildman–Crippen LogP) is 4.57. The van der Waals surface area contributed by atoms with Gasteiger partial charge >= 0.3 is 0 Å². The largest absolute Gasteiger partial charge is 0.0884 e. The molecule has 0 amide bonds. The smallest absolute Gasteiger partial charge is 0.0209 e. The third-order valence-electron chi connectivity index (χ3n) is 2.96. The summed E-state index contributed by atoms with van der Waals surface area (Å²) in [7, 11) is 0. The van der Waals surface area contributed by atoms with Gasteiger partial charge in [-0.2, -0.15) is 0 Å². The highest BCUT2D eigenvalue weighted by Gasteiger charge is 2.13. The number of aryl methyl sites for hydroxylation is 3. The maximum Gasteiger partial charge on any atom is 0.0209 e. The van der Waals surface area contributed by atoms with Crippen molar-refractivity contribution >= 4 is 15.9 Å². The standard InChI is InChI=1S/C14H21Br/c1-9(2)14(15)8-13-11(4)6-10(3)7-12(13)5/h6-7,9,14H,8H2,1-5H3. The van der Waals surface area contributed by atoms with Gasteiger partial charge in [0.2, 0.25) is 0 Å². The van der Waals surface area contributed by atoms with E-state index in [4.69, 9.17) is 0 Å². The van der Waals surface area contributed by atoms with Gasteiger partial charge in [-0.3, -0.25) is 0 Å². The predicted molar refractivity (Wildman–Crippen MR) is 71.9 cm³/mol. The van der Waals surface area contributed by atoms with Gasteiger partial charge < -0.3 is 0 Å². The number of hydrogen-bond acceptors (Lipinski definition) is 0. The van der Waals surface area contributed by atoms with Crippen LogP contribution in [-0.2, 0) is 6.42 Å². The molecule has 1 rings (SSSR count). The molecule has 0 bridgehead atoms. The van der Waals surface area contributed by atoms with Crippen LogP contribution in [0.4, 0.5) is 0 Å². The van der Waals surface area contributed by atoms with Crippen LogP contribution in [0.25, 0.3) is 0 Å².